The zero-order valence-electron chi connectivity index (χ0n) is 17.0. The second kappa shape index (κ2) is 8.16. The number of piperazine rings is 1. The smallest absolute Gasteiger partial charge is 0.374 e. The Labute approximate surface area is 178 Å². The quantitative estimate of drug-likeness (QED) is 0.542. The number of rotatable bonds is 5. The molecule has 2 aromatic heterocycles. The molecule has 0 bridgehead atoms. The molecule has 1 amide bonds. The first-order valence-corrected chi connectivity index (χ1v) is 11.1. The molecule has 0 spiro atoms. The lowest BCUT2D eigenvalue weighted by Crippen LogP contribution is -2.51. The molecular formula is C20H21N3O7S. The maximum absolute atomic E-state index is 12.9. The van der Waals surface area contributed by atoms with Crippen LogP contribution in [0.15, 0.2) is 44.2 Å². The van der Waals surface area contributed by atoms with Crippen molar-refractivity contribution in [1.82, 2.24) is 14.4 Å². The van der Waals surface area contributed by atoms with Gasteiger partial charge in [0.25, 0.3) is 5.91 Å². The highest BCUT2D eigenvalue weighted by Gasteiger charge is 2.34. The number of hydrogen-bond donors (Lipinski definition) is 0. The van der Waals surface area contributed by atoms with Gasteiger partial charge in [-0.05, 0) is 26.0 Å². The predicted octanol–water partition coefficient (Wildman–Crippen LogP) is 1.73. The average Bonchev–Trinajstić information content (AvgIpc) is 3.35. The molecule has 1 aliphatic heterocycles. The third-order valence-corrected chi connectivity index (χ3v) is 7.25. The van der Waals surface area contributed by atoms with Crippen LogP contribution in [0.3, 0.4) is 0 Å². The van der Waals surface area contributed by atoms with Crippen LogP contribution in [0.1, 0.15) is 22.0 Å². The van der Waals surface area contributed by atoms with E-state index in [0.717, 1.165) is 5.39 Å². The van der Waals surface area contributed by atoms with Crippen molar-refractivity contribution in [1.29, 1.82) is 0 Å². The maximum atomic E-state index is 12.9. The van der Waals surface area contributed by atoms with Crippen LogP contribution in [-0.2, 0) is 19.6 Å². The molecule has 0 radical (unpaired) electrons. The van der Waals surface area contributed by atoms with Crippen LogP contribution < -0.4 is 0 Å². The lowest BCUT2D eigenvalue weighted by molar-refractivity contribution is -0.135. The van der Waals surface area contributed by atoms with Gasteiger partial charge in [0.15, 0.2) is 12.4 Å². The van der Waals surface area contributed by atoms with Crippen molar-refractivity contribution in [3.8, 4) is 0 Å². The van der Waals surface area contributed by atoms with Crippen LogP contribution in [0, 0.1) is 13.8 Å². The Hall–Kier alpha value is -3.18. The van der Waals surface area contributed by atoms with E-state index in [1.165, 1.54) is 9.21 Å². The monoisotopic (exact) mass is 447 g/mol. The second-order valence-electron chi connectivity index (χ2n) is 7.16. The number of carbonyl (C=O) groups excluding carboxylic acids is 2. The fourth-order valence-electron chi connectivity index (χ4n) is 3.52. The summed E-state index contributed by atoms with van der Waals surface area (Å²) in [5, 5.41) is 4.46. The molecule has 11 heteroatoms. The molecule has 31 heavy (non-hydrogen) atoms. The number of hydrogen-bond acceptors (Lipinski definition) is 8. The molecule has 0 saturated carbocycles. The number of benzene rings is 1. The molecule has 1 aliphatic rings. The molecular weight excluding hydrogens is 426 g/mol. The highest BCUT2D eigenvalue weighted by Crippen LogP contribution is 2.24. The van der Waals surface area contributed by atoms with Crippen molar-refractivity contribution in [3.05, 3.63) is 47.5 Å². The SMILES string of the molecule is Cc1noc(C)c1S(=O)(=O)N1CCN(C(=O)COC(=O)c2cc3ccccc3o2)CC1. The van der Waals surface area contributed by atoms with Gasteiger partial charge in [-0.3, -0.25) is 4.79 Å². The van der Waals surface area contributed by atoms with E-state index in [9.17, 15) is 18.0 Å². The Morgan fingerprint density at radius 1 is 1.13 bits per heavy atom. The number of ether oxygens (including phenoxy) is 1. The number of sulfonamides is 1. The Bertz CT molecular complexity index is 1180. The van der Waals surface area contributed by atoms with Gasteiger partial charge in [0.05, 0.1) is 0 Å². The number of carbonyl (C=O) groups is 2. The topological polar surface area (TPSA) is 123 Å². The number of esters is 1. The number of amides is 1. The van der Waals surface area contributed by atoms with Crippen LogP contribution in [0.4, 0.5) is 0 Å². The van der Waals surface area contributed by atoms with Gasteiger partial charge in [0.2, 0.25) is 15.8 Å². The van der Waals surface area contributed by atoms with Gasteiger partial charge in [-0.15, -0.1) is 0 Å². The van der Waals surface area contributed by atoms with Crippen LogP contribution in [0.5, 0.6) is 0 Å². The van der Waals surface area contributed by atoms with Gasteiger partial charge in [-0.25, -0.2) is 13.2 Å². The first-order valence-electron chi connectivity index (χ1n) is 9.64. The molecule has 1 saturated heterocycles. The van der Waals surface area contributed by atoms with E-state index >= 15 is 0 Å². The van der Waals surface area contributed by atoms with Gasteiger partial charge < -0.3 is 18.6 Å². The van der Waals surface area contributed by atoms with Gasteiger partial charge in [-0.2, -0.15) is 4.31 Å². The van der Waals surface area contributed by atoms with Gasteiger partial charge in [-0.1, -0.05) is 23.4 Å². The standard InChI is InChI=1S/C20H21N3O7S/c1-13-19(14(2)30-21-13)31(26,27)23-9-7-22(8-10-23)18(24)12-28-20(25)17-11-15-5-3-4-6-16(15)29-17/h3-6,11H,7-10,12H2,1-2H3. The van der Waals surface area contributed by atoms with E-state index in [1.807, 2.05) is 6.07 Å². The third-order valence-electron chi connectivity index (χ3n) is 5.11. The minimum atomic E-state index is -3.76. The zero-order valence-corrected chi connectivity index (χ0v) is 17.8. The summed E-state index contributed by atoms with van der Waals surface area (Å²) in [6.45, 7) is 3.27. The zero-order chi connectivity index (χ0) is 22.2. The Balaban J connectivity index is 1.32. The molecule has 0 atom stereocenters. The first-order chi connectivity index (χ1) is 14.8. The lowest BCUT2D eigenvalue weighted by atomic mass is 10.2. The summed E-state index contributed by atoms with van der Waals surface area (Å²) >= 11 is 0. The van der Waals surface area contributed by atoms with Gasteiger partial charge in [0.1, 0.15) is 16.2 Å². The van der Waals surface area contributed by atoms with Crippen molar-refractivity contribution in [2.45, 2.75) is 18.7 Å². The Morgan fingerprint density at radius 2 is 1.84 bits per heavy atom. The minimum absolute atomic E-state index is 0.0179. The van der Waals surface area contributed by atoms with Crippen molar-refractivity contribution in [2.24, 2.45) is 0 Å². The maximum Gasteiger partial charge on any atom is 0.374 e. The van der Waals surface area contributed by atoms with Crippen LogP contribution >= 0.6 is 0 Å². The summed E-state index contributed by atoms with van der Waals surface area (Å²) in [5.41, 5.74) is 0.852. The van der Waals surface area contributed by atoms with E-state index in [2.05, 4.69) is 5.16 Å². The van der Waals surface area contributed by atoms with E-state index in [1.54, 1.807) is 38.1 Å². The molecule has 3 aromatic rings. The summed E-state index contributed by atoms with van der Waals surface area (Å²) < 4.78 is 42.5. The molecule has 0 N–H and O–H groups in total. The highest BCUT2D eigenvalue weighted by molar-refractivity contribution is 7.89. The van der Waals surface area contributed by atoms with Crippen molar-refractivity contribution < 1.29 is 31.7 Å². The number of para-hydroxylation sites is 1. The fraction of sp³-hybridized carbons (Fsp3) is 0.350. The fourth-order valence-corrected chi connectivity index (χ4v) is 5.24. The molecule has 3 heterocycles. The molecule has 10 nitrogen and oxygen atoms in total. The first kappa shape index (κ1) is 21.1. The Morgan fingerprint density at radius 3 is 2.48 bits per heavy atom. The number of aryl methyl sites for hydroxylation is 2. The van der Waals surface area contributed by atoms with Crippen molar-refractivity contribution >= 4 is 32.9 Å². The van der Waals surface area contributed by atoms with E-state index < -0.39 is 28.5 Å². The number of furan rings is 1. The van der Waals surface area contributed by atoms with Gasteiger partial charge in [0, 0.05) is 31.6 Å². The average molecular weight is 447 g/mol. The molecule has 1 fully saturated rings. The third kappa shape index (κ3) is 4.06. The van der Waals surface area contributed by atoms with Crippen molar-refractivity contribution in [3.63, 3.8) is 0 Å². The van der Waals surface area contributed by atoms with Crippen LogP contribution in [-0.4, -0.2) is 67.4 Å². The second-order valence-corrected chi connectivity index (χ2v) is 9.04. The molecule has 164 valence electrons. The van der Waals surface area contributed by atoms with E-state index in [-0.39, 0.29) is 42.6 Å². The molecule has 0 aliphatic carbocycles. The molecule has 0 unspecified atom stereocenters. The minimum Gasteiger partial charge on any atom is -0.450 e. The predicted molar refractivity (Wildman–Crippen MR) is 108 cm³/mol. The number of fused-ring (bicyclic) bond motifs is 1. The largest absolute Gasteiger partial charge is 0.450 e. The summed E-state index contributed by atoms with van der Waals surface area (Å²) in [6.07, 6.45) is 0. The van der Waals surface area contributed by atoms with E-state index in [4.69, 9.17) is 13.7 Å². The lowest BCUT2D eigenvalue weighted by Gasteiger charge is -2.33. The summed E-state index contributed by atoms with van der Waals surface area (Å²) in [5.74, 6) is -0.888. The highest BCUT2D eigenvalue weighted by atomic mass is 32.2. The van der Waals surface area contributed by atoms with Crippen LogP contribution in [0.25, 0.3) is 11.0 Å². The number of nitrogens with zero attached hydrogens (tertiary/aromatic N) is 3. The summed E-state index contributed by atoms with van der Waals surface area (Å²) in [4.78, 5) is 26.1. The molecule has 4 rings (SSSR count). The number of aromatic nitrogens is 1. The normalized spacial score (nSPS) is 15.4. The molecule has 1 aromatic carbocycles. The van der Waals surface area contributed by atoms with Gasteiger partial charge >= 0.3 is 5.97 Å². The van der Waals surface area contributed by atoms with E-state index in [0.29, 0.717) is 11.3 Å². The Kier molecular flexibility index (Phi) is 5.54. The summed E-state index contributed by atoms with van der Waals surface area (Å²) in [6, 6.07) is 8.70. The van der Waals surface area contributed by atoms with Crippen LogP contribution in [0.2, 0.25) is 0 Å². The summed E-state index contributed by atoms with van der Waals surface area (Å²) in [7, 11) is -3.76. The van der Waals surface area contributed by atoms with Crippen molar-refractivity contribution in [2.75, 3.05) is 32.8 Å².